The molecule has 1 aliphatic heterocycles. The van der Waals surface area contributed by atoms with Crippen molar-refractivity contribution in [2.75, 3.05) is 13.7 Å². The molecule has 6 aromatic rings. The molecule has 0 amide bonds. The second-order valence-electron chi connectivity index (χ2n) is 11.8. The number of rotatable bonds is 8. The summed E-state index contributed by atoms with van der Waals surface area (Å²) >= 11 is 1.32. The number of benzene rings is 4. The zero-order valence-corrected chi connectivity index (χ0v) is 28.5. The Bertz CT molecular complexity index is 2370. The SMILES string of the molecule is CCOC(=O)C1=C(c2ccccc2)N=c2s/c(=C\c3cc(C)n(-c4ccc(-c5ccccc5)cc4)c3C)c(=O)n2[C@@H]1c1ccc(OC)cc1. The monoisotopic (exact) mass is 665 g/mol. The van der Waals surface area contributed by atoms with Crippen LogP contribution in [0.1, 0.15) is 41.0 Å². The highest BCUT2D eigenvalue weighted by atomic mass is 32.1. The highest BCUT2D eigenvalue weighted by molar-refractivity contribution is 7.07. The predicted molar refractivity (Wildman–Crippen MR) is 195 cm³/mol. The lowest BCUT2D eigenvalue weighted by Crippen LogP contribution is -2.40. The number of carbonyl (C=O) groups excluding carboxylic acids is 1. The fourth-order valence-corrected chi connectivity index (χ4v) is 7.44. The summed E-state index contributed by atoms with van der Waals surface area (Å²) in [6, 6.07) is 37.1. The summed E-state index contributed by atoms with van der Waals surface area (Å²) in [5.41, 5.74) is 8.45. The van der Waals surface area contributed by atoms with Crippen LogP contribution in [0.2, 0.25) is 0 Å². The van der Waals surface area contributed by atoms with E-state index < -0.39 is 12.0 Å². The van der Waals surface area contributed by atoms with Crippen molar-refractivity contribution in [2.24, 2.45) is 4.99 Å². The van der Waals surface area contributed by atoms with Crippen molar-refractivity contribution >= 4 is 29.1 Å². The van der Waals surface area contributed by atoms with Gasteiger partial charge in [0.2, 0.25) is 0 Å². The molecule has 1 aliphatic rings. The highest BCUT2D eigenvalue weighted by Gasteiger charge is 2.35. The molecule has 7 rings (SSSR count). The van der Waals surface area contributed by atoms with Crippen LogP contribution in [0.25, 0.3) is 28.6 Å². The van der Waals surface area contributed by atoms with Crippen molar-refractivity contribution < 1.29 is 14.3 Å². The third kappa shape index (κ3) is 5.96. The molecular weight excluding hydrogens is 631 g/mol. The van der Waals surface area contributed by atoms with Crippen LogP contribution in [0.15, 0.2) is 131 Å². The van der Waals surface area contributed by atoms with E-state index in [1.807, 2.05) is 78.9 Å². The molecule has 0 fully saturated rings. The van der Waals surface area contributed by atoms with Crippen LogP contribution in [0.3, 0.4) is 0 Å². The van der Waals surface area contributed by atoms with Gasteiger partial charge in [0.05, 0.1) is 35.6 Å². The van der Waals surface area contributed by atoms with Crippen molar-refractivity contribution in [3.63, 3.8) is 0 Å². The number of esters is 1. The van der Waals surface area contributed by atoms with Gasteiger partial charge < -0.3 is 14.0 Å². The predicted octanol–water partition coefficient (Wildman–Crippen LogP) is 7.02. The summed E-state index contributed by atoms with van der Waals surface area (Å²) in [7, 11) is 1.60. The van der Waals surface area contributed by atoms with Crippen LogP contribution in [0.4, 0.5) is 0 Å². The van der Waals surface area contributed by atoms with E-state index in [0.717, 1.165) is 39.3 Å². The van der Waals surface area contributed by atoms with Crippen LogP contribution in [-0.4, -0.2) is 28.8 Å². The van der Waals surface area contributed by atoms with Crippen molar-refractivity contribution in [1.29, 1.82) is 0 Å². The van der Waals surface area contributed by atoms with Crippen LogP contribution in [0, 0.1) is 13.8 Å². The number of carbonyl (C=O) groups is 1. The van der Waals surface area contributed by atoms with Gasteiger partial charge in [-0.1, -0.05) is 96.3 Å². The maximum atomic E-state index is 14.4. The molecule has 244 valence electrons. The summed E-state index contributed by atoms with van der Waals surface area (Å²) in [6.45, 7) is 6.09. The van der Waals surface area contributed by atoms with Gasteiger partial charge >= 0.3 is 5.97 Å². The van der Waals surface area contributed by atoms with E-state index in [1.165, 1.54) is 16.9 Å². The van der Waals surface area contributed by atoms with Crippen LogP contribution in [-0.2, 0) is 9.53 Å². The molecule has 1 atom stereocenters. The number of ether oxygens (including phenoxy) is 2. The summed E-state index contributed by atoms with van der Waals surface area (Å²) in [5, 5.41) is 0. The molecule has 0 aliphatic carbocycles. The number of hydrogen-bond acceptors (Lipinski definition) is 6. The van der Waals surface area contributed by atoms with Gasteiger partial charge in [-0.15, -0.1) is 0 Å². The molecule has 0 unspecified atom stereocenters. The van der Waals surface area contributed by atoms with Gasteiger partial charge in [0.25, 0.3) is 5.56 Å². The number of fused-ring (bicyclic) bond motifs is 1. The standard InChI is InChI=1S/C41H35N3O4S/c1-5-48-40(46)36-37(30-14-10-7-11-15-30)42-41-44(38(36)31-18-22-34(47-4)23-19-31)39(45)35(49-41)25-32-24-26(2)43(27(32)3)33-20-16-29(17-21-33)28-12-8-6-9-13-28/h6-25,38H,5H2,1-4H3/b35-25-/t38-/m1/s1. The number of thiazole rings is 1. The minimum atomic E-state index is -0.755. The average Bonchev–Trinajstić information content (AvgIpc) is 3.61. The molecule has 2 aromatic heterocycles. The van der Waals surface area contributed by atoms with Gasteiger partial charge in [0, 0.05) is 22.6 Å². The number of aryl methyl sites for hydroxylation is 1. The van der Waals surface area contributed by atoms with Gasteiger partial charge in [-0.3, -0.25) is 9.36 Å². The van der Waals surface area contributed by atoms with Gasteiger partial charge in [-0.2, -0.15) is 0 Å². The van der Waals surface area contributed by atoms with E-state index in [0.29, 0.717) is 26.4 Å². The first-order chi connectivity index (χ1) is 23.9. The molecule has 3 heterocycles. The Kier molecular flexibility index (Phi) is 8.72. The van der Waals surface area contributed by atoms with Crippen molar-refractivity contribution in [1.82, 2.24) is 9.13 Å². The minimum Gasteiger partial charge on any atom is -0.497 e. The van der Waals surface area contributed by atoms with E-state index in [4.69, 9.17) is 14.5 Å². The molecule has 0 spiro atoms. The van der Waals surface area contributed by atoms with Gasteiger partial charge in [-0.25, -0.2) is 9.79 Å². The molecule has 0 bridgehead atoms. The Labute approximate surface area is 288 Å². The van der Waals surface area contributed by atoms with Crippen LogP contribution < -0.4 is 19.6 Å². The number of aromatic nitrogens is 2. The maximum absolute atomic E-state index is 14.4. The Morgan fingerprint density at radius 1 is 0.857 bits per heavy atom. The zero-order valence-electron chi connectivity index (χ0n) is 27.7. The number of methoxy groups -OCH3 is 1. The first kappa shape index (κ1) is 31.8. The molecule has 49 heavy (non-hydrogen) atoms. The fourth-order valence-electron chi connectivity index (χ4n) is 6.45. The normalized spacial score (nSPS) is 14.4. The summed E-state index contributed by atoms with van der Waals surface area (Å²) < 4.78 is 15.3. The number of nitrogens with zero attached hydrogens (tertiary/aromatic N) is 3. The second kappa shape index (κ2) is 13.4. The maximum Gasteiger partial charge on any atom is 0.338 e. The van der Waals surface area contributed by atoms with Crippen molar-refractivity contribution in [3.05, 3.63) is 169 Å². The van der Waals surface area contributed by atoms with Crippen molar-refractivity contribution in [2.45, 2.75) is 26.8 Å². The molecule has 0 radical (unpaired) electrons. The Morgan fingerprint density at radius 3 is 2.12 bits per heavy atom. The molecular formula is C41H35N3O4S. The average molecular weight is 666 g/mol. The first-order valence-corrected chi connectivity index (χ1v) is 17.0. The third-order valence-corrected chi connectivity index (χ3v) is 9.78. The lowest BCUT2D eigenvalue weighted by atomic mass is 9.93. The van der Waals surface area contributed by atoms with E-state index >= 15 is 0 Å². The van der Waals surface area contributed by atoms with Gasteiger partial charge in [0.15, 0.2) is 4.80 Å². The quantitative estimate of drug-likeness (QED) is 0.164. The lowest BCUT2D eigenvalue weighted by Gasteiger charge is -2.26. The molecule has 0 N–H and O–H groups in total. The van der Waals surface area contributed by atoms with Crippen molar-refractivity contribution in [3.8, 4) is 22.6 Å². The van der Waals surface area contributed by atoms with E-state index in [2.05, 4.69) is 60.9 Å². The molecule has 0 saturated heterocycles. The smallest absolute Gasteiger partial charge is 0.338 e. The molecule has 4 aromatic carbocycles. The van der Waals surface area contributed by atoms with E-state index in [9.17, 15) is 9.59 Å². The molecule has 0 saturated carbocycles. The Morgan fingerprint density at radius 2 is 1.49 bits per heavy atom. The van der Waals surface area contributed by atoms with Gasteiger partial charge in [0.1, 0.15) is 5.75 Å². The fraction of sp³-hybridized carbons (Fsp3) is 0.146. The zero-order chi connectivity index (χ0) is 34.1. The second-order valence-corrected chi connectivity index (χ2v) is 12.8. The molecule has 7 nitrogen and oxygen atoms in total. The van der Waals surface area contributed by atoms with E-state index in [1.54, 1.807) is 18.6 Å². The van der Waals surface area contributed by atoms with Gasteiger partial charge in [-0.05, 0) is 79.4 Å². The highest BCUT2D eigenvalue weighted by Crippen LogP contribution is 2.36. The largest absolute Gasteiger partial charge is 0.497 e. The van der Waals surface area contributed by atoms with E-state index in [-0.39, 0.29) is 12.2 Å². The topological polar surface area (TPSA) is 74.8 Å². The summed E-state index contributed by atoms with van der Waals surface area (Å²) in [5.74, 6) is 0.160. The molecule has 8 heteroatoms. The first-order valence-electron chi connectivity index (χ1n) is 16.1. The lowest BCUT2D eigenvalue weighted by molar-refractivity contribution is -0.138. The summed E-state index contributed by atoms with van der Waals surface area (Å²) in [6.07, 6.45) is 1.93. The number of hydrogen-bond donors (Lipinski definition) is 0. The third-order valence-electron chi connectivity index (χ3n) is 8.79. The minimum absolute atomic E-state index is 0.189. The van der Waals surface area contributed by atoms with Crippen LogP contribution in [0.5, 0.6) is 5.75 Å². The Hall–Kier alpha value is -5.73. The summed E-state index contributed by atoms with van der Waals surface area (Å²) in [4.78, 5) is 33.6. The van der Waals surface area contributed by atoms with Crippen LogP contribution >= 0.6 is 11.3 Å². The Balaban J connectivity index is 1.38.